The Kier molecular flexibility index (Phi) is 5.70. The van der Waals surface area contributed by atoms with E-state index in [1.54, 1.807) is 0 Å². The third-order valence-electron chi connectivity index (χ3n) is 1.08. The molecule has 4 nitrogen and oxygen atoms in total. The molecule has 0 aromatic carbocycles. The minimum Gasteiger partial charge on any atom is -1.00 e. The number of halogens is 1. The standard InChI is InChI=1S/C5H11N3O.HI/c9-4-3-8-5-6-1-2-7-5;/h9H,1-4H2,(H2,6,7,8);1H/p-1. The minimum absolute atomic E-state index is 0. The van der Waals surface area contributed by atoms with Crippen molar-refractivity contribution in [2.75, 3.05) is 26.2 Å². The van der Waals surface area contributed by atoms with Crippen LogP contribution in [0.15, 0.2) is 4.99 Å². The topological polar surface area (TPSA) is 56.6 Å². The summed E-state index contributed by atoms with van der Waals surface area (Å²) in [6.45, 7) is 2.48. The van der Waals surface area contributed by atoms with Gasteiger partial charge in [0.2, 0.25) is 0 Å². The molecule has 0 aliphatic carbocycles. The van der Waals surface area contributed by atoms with Crippen molar-refractivity contribution in [3.63, 3.8) is 0 Å². The summed E-state index contributed by atoms with van der Waals surface area (Å²) >= 11 is 0. The molecule has 1 aliphatic rings. The largest absolute Gasteiger partial charge is 1.00 e. The highest BCUT2D eigenvalue weighted by atomic mass is 127. The highest BCUT2D eigenvalue weighted by Gasteiger charge is 2.00. The predicted octanol–water partition coefficient (Wildman–Crippen LogP) is -4.47. The molecule has 0 spiro atoms. The Labute approximate surface area is 77.1 Å². The molecule has 3 N–H and O–H groups in total. The highest BCUT2D eigenvalue weighted by molar-refractivity contribution is 5.81. The second-order valence-electron chi connectivity index (χ2n) is 1.81. The quantitative estimate of drug-likeness (QED) is 0.437. The molecule has 1 heterocycles. The van der Waals surface area contributed by atoms with Crippen LogP contribution < -0.4 is 34.6 Å². The number of aliphatic hydroxyl groups excluding tert-OH is 1. The summed E-state index contributed by atoms with van der Waals surface area (Å²) in [7, 11) is 0. The summed E-state index contributed by atoms with van der Waals surface area (Å²) < 4.78 is 0. The zero-order valence-corrected chi connectivity index (χ0v) is 7.76. The number of hydrogen-bond acceptors (Lipinski definition) is 4. The molecular weight excluding hydrogens is 245 g/mol. The first kappa shape index (κ1) is 9.96. The number of rotatable bonds is 2. The van der Waals surface area contributed by atoms with E-state index in [4.69, 9.17) is 5.11 Å². The van der Waals surface area contributed by atoms with Gasteiger partial charge >= 0.3 is 0 Å². The molecule has 1 rings (SSSR count). The Bertz CT molecular complexity index is 117. The fraction of sp³-hybridized carbons (Fsp3) is 0.800. The van der Waals surface area contributed by atoms with Gasteiger partial charge < -0.3 is 39.7 Å². The molecule has 0 saturated carbocycles. The van der Waals surface area contributed by atoms with Gasteiger partial charge in [-0.1, -0.05) is 0 Å². The lowest BCUT2D eigenvalue weighted by molar-refractivity contribution is -0.00000304. The van der Waals surface area contributed by atoms with Gasteiger partial charge in [-0.05, 0) is 0 Å². The molecule has 0 atom stereocenters. The van der Waals surface area contributed by atoms with Gasteiger partial charge in [-0.25, -0.2) is 0 Å². The Hall–Kier alpha value is -0.0400. The van der Waals surface area contributed by atoms with Gasteiger partial charge in [0.05, 0.1) is 13.2 Å². The summed E-state index contributed by atoms with van der Waals surface area (Å²) in [5.41, 5.74) is 0. The van der Waals surface area contributed by atoms with E-state index < -0.39 is 0 Å². The van der Waals surface area contributed by atoms with Crippen molar-refractivity contribution in [1.82, 2.24) is 10.6 Å². The first-order valence-electron chi connectivity index (χ1n) is 3.06. The van der Waals surface area contributed by atoms with Gasteiger partial charge in [0.15, 0.2) is 5.96 Å². The van der Waals surface area contributed by atoms with Crippen LogP contribution in [0.25, 0.3) is 0 Å². The van der Waals surface area contributed by atoms with E-state index in [9.17, 15) is 0 Å². The first-order valence-corrected chi connectivity index (χ1v) is 3.06. The van der Waals surface area contributed by atoms with Crippen LogP contribution >= 0.6 is 0 Å². The van der Waals surface area contributed by atoms with E-state index in [0.717, 1.165) is 19.0 Å². The highest BCUT2D eigenvalue weighted by Crippen LogP contribution is 1.79. The monoisotopic (exact) mass is 256 g/mol. The zero-order chi connectivity index (χ0) is 6.53. The number of hydrogen-bond donors (Lipinski definition) is 3. The van der Waals surface area contributed by atoms with Crippen LogP contribution in [0.1, 0.15) is 0 Å². The molecule has 0 unspecified atom stereocenters. The van der Waals surface area contributed by atoms with Crippen molar-refractivity contribution in [3.05, 3.63) is 0 Å². The van der Waals surface area contributed by atoms with Crippen molar-refractivity contribution in [3.8, 4) is 0 Å². The van der Waals surface area contributed by atoms with E-state index >= 15 is 0 Å². The van der Waals surface area contributed by atoms with Crippen molar-refractivity contribution in [2.24, 2.45) is 4.99 Å². The van der Waals surface area contributed by atoms with Gasteiger partial charge in [-0.15, -0.1) is 0 Å². The van der Waals surface area contributed by atoms with Crippen molar-refractivity contribution >= 4 is 5.96 Å². The Morgan fingerprint density at radius 1 is 1.70 bits per heavy atom. The van der Waals surface area contributed by atoms with Gasteiger partial charge in [0.25, 0.3) is 0 Å². The van der Waals surface area contributed by atoms with Crippen molar-refractivity contribution < 1.29 is 29.1 Å². The van der Waals surface area contributed by atoms with Gasteiger partial charge in [0.1, 0.15) is 0 Å². The van der Waals surface area contributed by atoms with E-state index in [1.165, 1.54) is 0 Å². The maximum atomic E-state index is 8.38. The van der Waals surface area contributed by atoms with Crippen LogP contribution in [-0.2, 0) is 0 Å². The van der Waals surface area contributed by atoms with Crippen LogP contribution in [0.4, 0.5) is 0 Å². The number of aliphatic imine (C=N–C) groups is 1. The van der Waals surface area contributed by atoms with Crippen LogP contribution in [0.3, 0.4) is 0 Å². The third-order valence-corrected chi connectivity index (χ3v) is 1.08. The van der Waals surface area contributed by atoms with E-state index in [2.05, 4.69) is 15.6 Å². The summed E-state index contributed by atoms with van der Waals surface area (Å²) in [6.07, 6.45) is 0. The Balaban J connectivity index is 0.000000810. The molecule has 1 aliphatic heterocycles. The normalized spacial score (nSPS) is 15.1. The molecule has 0 aromatic heterocycles. The van der Waals surface area contributed by atoms with Crippen molar-refractivity contribution in [1.29, 1.82) is 0 Å². The van der Waals surface area contributed by atoms with E-state index in [-0.39, 0.29) is 30.6 Å². The zero-order valence-electron chi connectivity index (χ0n) is 5.60. The van der Waals surface area contributed by atoms with Gasteiger partial charge in [-0.2, -0.15) is 0 Å². The Morgan fingerprint density at radius 3 is 3.00 bits per heavy atom. The second kappa shape index (κ2) is 5.72. The molecule has 0 amide bonds. The maximum absolute atomic E-state index is 8.38. The predicted molar refractivity (Wildman–Crippen MR) is 35.4 cm³/mol. The number of aliphatic hydroxyl groups is 1. The lowest BCUT2D eigenvalue weighted by Crippen LogP contribution is -3.00. The van der Waals surface area contributed by atoms with Crippen LogP contribution in [0.2, 0.25) is 0 Å². The molecule has 0 aromatic rings. The van der Waals surface area contributed by atoms with Crippen LogP contribution in [-0.4, -0.2) is 37.3 Å². The van der Waals surface area contributed by atoms with E-state index in [0.29, 0.717) is 6.54 Å². The smallest absolute Gasteiger partial charge is 0.191 e. The minimum atomic E-state index is 0. The van der Waals surface area contributed by atoms with E-state index in [1.807, 2.05) is 0 Å². The van der Waals surface area contributed by atoms with Crippen LogP contribution in [0, 0.1) is 0 Å². The molecular formula is C5H11IN3O-. The van der Waals surface area contributed by atoms with Crippen molar-refractivity contribution in [2.45, 2.75) is 0 Å². The third kappa shape index (κ3) is 3.21. The fourth-order valence-corrected chi connectivity index (χ4v) is 0.691. The molecule has 10 heavy (non-hydrogen) atoms. The average Bonchev–Trinajstić information content (AvgIpc) is 2.34. The first-order chi connectivity index (χ1) is 4.43. The van der Waals surface area contributed by atoms with Crippen LogP contribution in [0.5, 0.6) is 0 Å². The Morgan fingerprint density at radius 2 is 2.50 bits per heavy atom. The molecule has 0 saturated heterocycles. The fourth-order valence-electron chi connectivity index (χ4n) is 0.691. The molecule has 0 bridgehead atoms. The SMILES string of the molecule is OCCNC1=NCCN1.[I-]. The molecule has 5 heteroatoms. The lowest BCUT2D eigenvalue weighted by Gasteiger charge is -2.02. The number of nitrogens with zero attached hydrogens (tertiary/aromatic N) is 1. The second-order valence-corrected chi connectivity index (χ2v) is 1.81. The maximum Gasteiger partial charge on any atom is 0.191 e. The molecule has 0 radical (unpaired) electrons. The molecule has 60 valence electrons. The summed E-state index contributed by atoms with van der Waals surface area (Å²) in [5.74, 6) is 0.809. The number of guanidine groups is 1. The van der Waals surface area contributed by atoms with Gasteiger partial charge in [-0.3, -0.25) is 4.99 Å². The summed E-state index contributed by atoms with van der Waals surface area (Å²) in [4.78, 5) is 4.06. The summed E-state index contributed by atoms with van der Waals surface area (Å²) in [6, 6.07) is 0. The average molecular weight is 256 g/mol. The lowest BCUT2D eigenvalue weighted by atomic mass is 10.7. The number of nitrogens with one attached hydrogen (secondary N) is 2. The van der Waals surface area contributed by atoms with Gasteiger partial charge in [0, 0.05) is 13.1 Å². The molecule has 0 fully saturated rings. The summed E-state index contributed by atoms with van der Waals surface area (Å²) in [5, 5.41) is 14.3.